The predicted molar refractivity (Wildman–Crippen MR) is 113 cm³/mol. The molecule has 0 heterocycles. The molecule has 2 aromatic carbocycles. The van der Waals surface area contributed by atoms with Crippen molar-refractivity contribution in [2.75, 3.05) is 6.61 Å². The predicted octanol–water partition coefficient (Wildman–Crippen LogP) is 5.34. The first-order valence-electron chi connectivity index (χ1n) is 8.63. The average molecular weight is 433 g/mol. The summed E-state index contributed by atoms with van der Waals surface area (Å²) in [7, 11) is 0. The van der Waals surface area contributed by atoms with E-state index in [1.54, 1.807) is 24.3 Å². The lowest BCUT2D eigenvalue weighted by atomic mass is 10.0. The van der Waals surface area contributed by atoms with Gasteiger partial charge in [0.2, 0.25) is 0 Å². The summed E-state index contributed by atoms with van der Waals surface area (Å²) in [6.45, 7) is 5.08. The Balaban J connectivity index is 2.09. The first-order chi connectivity index (χ1) is 13.9. The summed E-state index contributed by atoms with van der Waals surface area (Å²) in [6, 6.07) is 9.65. The van der Waals surface area contributed by atoms with E-state index in [1.807, 2.05) is 6.92 Å². The zero-order chi connectivity index (χ0) is 21.4. The third-order valence-electron chi connectivity index (χ3n) is 3.88. The minimum absolute atomic E-state index is 0.0172. The lowest BCUT2D eigenvalue weighted by Gasteiger charge is -2.12. The van der Waals surface area contributed by atoms with E-state index in [0.717, 1.165) is 0 Å². The van der Waals surface area contributed by atoms with Crippen LogP contribution in [0.25, 0.3) is 6.08 Å². The number of rotatable bonds is 9. The smallest absolute Gasteiger partial charge is 0.349 e. The van der Waals surface area contributed by atoms with Gasteiger partial charge in [0.15, 0.2) is 12.4 Å². The standard InChI is InChI=1S/C22H18Cl2O5/c1-3-14(2)22(27)16-10-11-18(21(24)20(16)23)28-13-19(26)29-17-9-5-4-7-15(17)8-6-12-25/h4-12H,2-3,13H2,1H3/b8-6+. The van der Waals surface area contributed by atoms with Crippen molar-refractivity contribution in [1.82, 2.24) is 0 Å². The van der Waals surface area contributed by atoms with E-state index in [-0.39, 0.29) is 32.9 Å². The minimum Gasteiger partial charge on any atom is -0.480 e. The number of hydrogen-bond donors (Lipinski definition) is 0. The minimum atomic E-state index is -0.677. The van der Waals surface area contributed by atoms with E-state index in [4.69, 9.17) is 32.7 Å². The first kappa shape index (κ1) is 22.4. The molecule has 150 valence electrons. The maximum Gasteiger partial charge on any atom is 0.349 e. The molecule has 2 rings (SSSR count). The van der Waals surface area contributed by atoms with Gasteiger partial charge in [-0.15, -0.1) is 0 Å². The molecule has 0 aromatic heterocycles. The van der Waals surface area contributed by atoms with Gasteiger partial charge in [0.25, 0.3) is 0 Å². The van der Waals surface area contributed by atoms with Crippen molar-refractivity contribution < 1.29 is 23.9 Å². The molecule has 0 N–H and O–H groups in total. The van der Waals surface area contributed by atoms with Crippen molar-refractivity contribution in [3.8, 4) is 11.5 Å². The van der Waals surface area contributed by atoms with Crippen LogP contribution >= 0.6 is 23.2 Å². The van der Waals surface area contributed by atoms with Crippen molar-refractivity contribution in [3.05, 3.63) is 75.8 Å². The number of ether oxygens (including phenoxy) is 2. The fourth-order valence-electron chi connectivity index (χ4n) is 2.31. The Labute approximate surface area is 178 Å². The van der Waals surface area contributed by atoms with Crippen molar-refractivity contribution >= 4 is 47.3 Å². The molecule has 29 heavy (non-hydrogen) atoms. The summed E-state index contributed by atoms with van der Waals surface area (Å²) in [4.78, 5) is 34.9. The number of para-hydroxylation sites is 1. The monoisotopic (exact) mass is 432 g/mol. The van der Waals surface area contributed by atoms with Crippen LogP contribution < -0.4 is 9.47 Å². The van der Waals surface area contributed by atoms with Gasteiger partial charge in [-0.25, -0.2) is 4.79 Å². The fourth-order valence-corrected chi connectivity index (χ4v) is 2.77. The van der Waals surface area contributed by atoms with E-state index < -0.39 is 12.6 Å². The molecule has 0 aliphatic rings. The number of hydrogen-bond acceptors (Lipinski definition) is 5. The Kier molecular flexibility index (Phi) is 8.19. The summed E-state index contributed by atoms with van der Waals surface area (Å²) < 4.78 is 10.7. The number of carbonyl (C=O) groups excluding carboxylic acids is 3. The van der Waals surface area contributed by atoms with Crippen LogP contribution in [0, 0.1) is 0 Å². The zero-order valence-electron chi connectivity index (χ0n) is 15.6. The lowest BCUT2D eigenvalue weighted by molar-refractivity contribution is -0.136. The van der Waals surface area contributed by atoms with Gasteiger partial charge in [-0.2, -0.15) is 0 Å². The maximum absolute atomic E-state index is 12.3. The third-order valence-corrected chi connectivity index (χ3v) is 4.75. The van der Waals surface area contributed by atoms with Crippen LogP contribution in [-0.2, 0) is 9.59 Å². The Bertz CT molecular complexity index is 979. The molecule has 0 unspecified atom stereocenters. The normalized spacial score (nSPS) is 10.6. The molecule has 0 saturated carbocycles. The summed E-state index contributed by atoms with van der Waals surface area (Å²) in [5, 5.41) is 0.0463. The van der Waals surface area contributed by atoms with Gasteiger partial charge in [0, 0.05) is 11.1 Å². The van der Waals surface area contributed by atoms with Gasteiger partial charge < -0.3 is 9.47 Å². The largest absolute Gasteiger partial charge is 0.480 e. The number of benzene rings is 2. The molecule has 0 spiro atoms. The summed E-state index contributed by atoms with van der Waals surface area (Å²) in [5.74, 6) is -0.558. The van der Waals surface area contributed by atoms with Crippen molar-refractivity contribution in [2.24, 2.45) is 0 Å². The van der Waals surface area contributed by atoms with Crippen LogP contribution in [0.4, 0.5) is 0 Å². The number of ketones is 1. The molecular formula is C22H18Cl2O5. The van der Waals surface area contributed by atoms with Gasteiger partial charge >= 0.3 is 5.97 Å². The second-order valence-electron chi connectivity index (χ2n) is 5.82. The second kappa shape index (κ2) is 10.6. The highest BCUT2D eigenvalue weighted by molar-refractivity contribution is 6.45. The molecule has 0 fully saturated rings. The molecule has 0 saturated heterocycles. The van der Waals surface area contributed by atoms with Crippen LogP contribution in [0.15, 0.2) is 54.6 Å². The molecule has 0 radical (unpaired) electrons. The number of carbonyl (C=O) groups is 3. The van der Waals surface area contributed by atoms with Crippen molar-refractivity contribution in [3.63, 3.8) is 0 Å². The molecule has 0 bridgehead atoms. The van der Waals surface area contributed by atoms with Gasteiger partial charge in [-0.1, -0.05) is 54.9 Å². The van der Waals surface area contributed by atoms with Crippen LogP contribution in [0.2, 0.25) is 10.0 Å². The number of halogens is 2. The van der Waals surface area contributed by atoms with Crippen LogP contribution in [0.5, 0.6) is 11.5 Å². The summed E-state index contributed by atoms with van der Waals surface area (Å²) >= 11 is 12.4. The Morgan fingerprint density at radius 1 is 1.07 bits per heavy atom. The van der Waals surface area contributed by atoms with E-state index in [2.05, 4.69) is 6.58 Å². The topological polar surface area (TPSA) is 69.7 Å². The van der Waals surface area contributed by atoms with E-state index in [9.17, 15) is 14.4 Å². The quantitative estimate of drug-likeness (QED) is 0.176. The van der Waals surface area contributed by atoms with Crippen LogP contribution in [-0.4, -0.2) is 24.6 Å². The van der Waals surface area contributed by atoms with Crippen molar-refractivity contribution in [1.29, 1.82) is 0 Å². The first-order valence-corrected chi connectivity index (χ1v) is 9.39. The second-order valence-corrected chi connectivity index (χ2v) is 6.58. The molecule has 0 aliphatic carbocycles. The molecule has 0 atom stereocenters. The molecular weight excluding hydrogens is 415 g/mol. The van der Waals surface area contributed by atoms with Gasteiger partial charge in [-0.3, -0.25) is 9.59 Å². The Morgan fingerprint density at radius 3 is 2.48 bits per heavy atom. The van der Waals surface area contributed by atoms with Gasteiger partial charge in [-0.05, 0) is 42.3 Å². The van der Waals surface area contributed by atoms with Gasteiger partial charge in [0.1, 0.15) is 22.8 Å². The molecule has 2 aromatic rings. The Morgan fingerprint density at radius 2 is 1.79 bits per heavy atom. The Hall–Kier alpha value is -2.89. The van der Waals surface area contributed by atoms with E-state index in [0.29, 0.717) is 23.8 Å². The number of Topliss-reactive ketones (excluding diaryl/α,β-unsaturated/α-hetero) is 1. The number of allylic oxidation sites excluding steroid dienone is 2. The number of aldehydes is 1. The van der Waals surface area contributed by atoms with Crippen LogP contribution in [0.3, 0.4) is 0 Å². The molecule has 0 amide bonds. The van der Waals surface area contributed by atoms with Crippen molar-refractivity contribution in [2.45, 2.75) is 13.3 Å². The zero-order valence-corrected chi connectivity index (χ0v) is 17.1. The summed E-state index contributed by atoms with van der Waals surface area (Å²) in [5.41, 5.74) is 1.19. The van der Waals surface area contributed by atoms with E-state index in [1.165, 1.54) is 24.3 Å². The SMILES string of the molecule is C=C(CC)C(=O)c1ccc(OCC(=O)Oc2ccccc2/C=C/C=O)c(Cl)c1Cl. The average Bonchev–Trinajstić information content (AvgIpc) is 2.73. The number of esters is 1. The van der Waals surface area contributed by atoms with Crippen LogP contribution in [0.1, 0.15) is 29.3 Å². The lowest BCUT2D eigenvalue weighted by Crippen LogP contribution is -2.18. The third kappa shape index (κ3) is 5.79. The molecule has 0 aliphatic heterocycles. The van der Waals surface area contributed by atoms with Gasteiger partial charge in [0.05, 0.1) is 5.02 Å². The molecule has 5 nitrogen and oxygen atoms in total. The highest BCUT2D eigenvalue weighted by atomic mass is 35.5. The molecule has 7 heteroatoms. The fraction of sp³-hybridized carbons (Fsp3) is 0.136. The highest BCUT2D eigenvalue weighted by Gasteiger charge is 2.19. The maximum atomic E-state index is 12.3. The summed E-state index contributed by atoms with van der Waals surface area (Å²) in [6.07, 6.45) is 3.92. The van der Waals surface area contributed by atoms with E-state index >= 15 is 0 Å². The highest BCUT2D eigenvalue weighted by Crippen LogP contribution is 2.35.